The largest absolute Gasteiger partial charge is 0.507 e. The van der Waals surface area contributed by atoms with Crippen LogP contribution in [0.1, 0.15) is 87.5 Å². The molecule has 2 aromatic rings. The zero-order chi connectivity index (χ0) is 21.7. The zero-order valence-corrected chi connectivity index (χ0v) is 18.5. The fourth-order valence-electron chi connectivity index (χ4n) is 3.86. The van der Waals surface area contributed by atoms with Crippen molar-refractivity contribution in [1.82, 2.24) is 0 Å². The Morgan fingerprint density at radius 2 is 1.13 bits per heavy atom. The van der Waals surface area contributed by atoms with Crippen molar-refractivity contribution in [3.05, 3.63) is 58.7 Å². The van der Waals surface area contributed by atoms with Crippen molar-refractivity contribution in [1.29, 1.82) is 0 Å². The Hall–Kier alpha value is -2.62. The van der Waals surface area contributed by atoms with E-state index in [4.69, 9.17) is 9.98 Å². The highest BCUT2D eigenvalue weighted by molar-refractivity contribution is 5.85. The standard InChI is InChI=1S/C26H34N2O2/c1-17(2)19-9-11-25(29)21(13-19)15-27-23-7-5-6-8-24(23)28-16-22-14-20(18(3)4)10-12-26(22)30/h9-18,23-24,29-30H,5-8H2,1-4H3. The number of aliphatic imine (C=N–C) groups is 2. The Bertz CT molecular complexity index is 840. The van der Waals surface area contributed by atoms with Crippen LogP contribution < -0.4 is 0 Å². The highest BCUT2D eigenvalue weighted by Crippen LogP contribution is 2.27. The van der Waals surface area contributed by atoms with Crippen molar-refractivity contribution in [2.75, 3.05) is 0 Å². The Balaban J connectivity index is 1.79. The number of benzene rings is 2. The van der Waals surface area contributed by atoms with E-state index in [1.54, 1.807) is 24.6 Å². The number of hydrogen-bond donors (Lipinski definition) is 2. The molecule has 0 aliphatic heterocycles. The van der Waals surface area contributed by atoms with E-state index in [-0.39, 0.29) is 23.6 Å². The van der Waals surface area contributed by atoms with E-state index in [2.05, 4.69) is 27.7 Å². The molecule has 0 saturated heterocycles. The number of hydrogen-bond acceptors (Lipinski definition) is 4. The number of phenolic OH excluding ortho intramolecular Hbond substituents is 2. The van der Waals surface area contributed by atoms with Gasteiger partial charge in [0.2, 0.25) is 0 Å². The Kier molecular flexibility index (Phi) is 7.30. The molecule has 0 aromatic heterocycles. The third-order valence-corrected chi connectivity index (χ3v) is 5.94. The van der Waals surface area contributed by atoms with Crippen LogP contribution in [-0.2, 0) is 0 Å². The van der Waals surface area contributed by atoms with Crippen LogP contribution in [0.25, 0.3) is 0 Å². The molecule has 2 aromatic carbocycles. The van der Waals surface area contributed by atoms with Gasteiger partial charge in [0.1, 0.15) is 11.5 Å². The second-order valence-corrected chi connectivity index (χ2v) is 8.92. The highest BCUT2D eigenvalue weighted by atomic mass is 16.3. The molecule has 0 radical (unpaired) electrons. The summed E-state index contributed by atoms with van der Waals surface area (Å²) in [6.45, 7) is 8.57. The lowest BCUT2D eigenvalue weighted by atomic mass is 9.91. The first-order chi connectivity index (χ1) is 14.3. The van der Waals surface area contributed by atoms with Gasteiger partial charge in [-0.1, -0.05) is 52.7 Å². The molecule has 2 atom stereocenters. The topological polar surface area (TPSA) is 65.2 Å². The van der Waals surface area contributed by atoms with Crippen LogP contribution >= 0.6 is 0 Å². The summed E-state index contributed by atoms with van der Waals surface area (Å²) in [5.74, 6) is 1.32. The molecule has 1 aliphatic rings. The Morgan fingerprint density at radius 1 is 0.733 bits per heavy atom. The van der Waals surface area contributed by atoms with Crippen molar-refractivity contribution < 1.29 is 10.2 Å². The lowest BCUT2D eigenvalue weighted by Crippen LogP contribution is -2.27. The van der Waals surface area contributed by atoms with Gasteiger partial charge in [0.15, 0.2) is 0 Å². The summed E-state index contributed by atoms with van der Waals surface area (Å²) in [4.78, 5) is 9.63. The predicted octanol–water partition coefficient (Wildman–Crippen LogP) is 6.19. The second-order valence-electron chi connectivity index (χ2n) is 8.92. The lowest BCUT2D eigenvalue weighted by molar-refractivity contribution is 0.390. The van der Waals surface area contributed by atoms with Crippen LogP contribution in [0.15, 0.2) is 46.4 Å². The van der Waals surface area contributed by atoms with E-state index >= 15 is 0 Å². The van der Waals surface area contributed by atoms with Gasteiger partial charge in [0.25, 0.3) is 0 Å². The van der Waals surface area contributed by atoms with Crippen LogP contribution in [0.2, 0.25) is 0 Å². The maximum Gasteiger partial charge on any atom is 0.124 e. The average molecular weight is 407 g/mol. The first-order valence-corrected chi connectivity index (χ1v) is 11.1. The number of phenols is 2. The third kappa shape index (κ3) is 5.50. The predicted molar refractivity (Wildman–Crippen MR) is 126 cm³/mol. The minimum absolute atomic E-state index is 0.0903. The van der Waals surface area contributed by atoms with E-state index in [0.717, 1.165) is 36.8 Å². The molecule has 30 heavy (non-hydrogen) atoms. The average Bonchev–Trinajstić information content (AvgIpc) is 2.72. The van der Waals surface area contributed by atoms with E-state index in [9.17, 15) is 10.2 Å². The van der Waals surface area contributed by atoms with Crippen molar-refractivity contribution in [2.45, 2.75) is 77.3 Å². The molecule has 160 valence electrons. The lowest BCUT2D eigenvalue weighted by Gasteiger charge is -2.25. The Morgan fingerprint density at radius 3 is 1.50 bits per heavy atom. The molecule has 2 N–H and O–H groups in total. The molecule has 4 nitrogen and oxygen atoms in total. The summed E-state index contributed by atoms with van der Waals surface area (Å²) >= 11 is 0. The van der Waals surface area contributed by atoms with E-state index in [1.807, 2.05) is 24.3 Å². The fraction of sp³-hybridized carbons (Fsp3) is 0.462. The fourth-order valence-corrected chi connectivity index (χ4v) is 3.86. The maximum atomic E-state index is 10.2. The summed E-state index contributed by atoms with van der Waals surface area (Å²) in [6.07, 6.45) is 7.86. The van der Waals surface area contributed by atoms with Gasteiger partial charge < -0.3 is 10.2 Å². The molecule has 0 amide bonds. The highest BCUT2D eigenvalue weighted by Gasteiger charge is 2.23. The van der Waals surface area contributed by atoms with Gasteiger partial charge in [-0.3, -0.25) is 9.98 Å². The van der Waals surface area contributed by atoms with Gasteiger partial charge in [-0.25, -0.2) is 0 Å². The quantitative estimate of drug-likeness (QED) is 0.561. The number of nitrogens with zero attached hydrogens (tertiary/aromatic N) is 2. The second kappa shape index (κ2) is 9.92. The van der Waals surface area contributed by atoms with Crippen LogP contribution in [0.4, 0.5) is 0 Å². The monoisotopic (exact) mass is 406 g/mol. The van der Waals surface area contributed by atoms with Crippen molar-refractivity contribution in [2.24, 2.45) is 9.98 Å². The zero-order valence-electron chi connectivity index (χ0n) is 18.5. The summed E-state index contributed by atoms with van der Waals surface area (Å²) < 4.78 is 0. The van der Waals surface area contributed by atoms with Gasteiger partial charge >= 0.3 is 0 Å². The third-order valence-electron chi connectivity index (χ3n) is 5.94. The van der Waals surface area contributed by atoms with E-state index in [0.29, 0.717) is 11.8 Å². The van der Waals surface area contributed by atoms with E-state index < -0.39 is 0 Å². The van der Waals surface area contributed by atoms with Crippen LogP contribution in [-0.4, -0.2) is 34.7 Å². The minimum Gasteiger partial charge on any atom is -0.507 e. The first kappa shape index (κ1) is 22.1. The van der Waals surface area contributed by atoms with Gasteiger partial charge in [-0.15, -0.1) is 0 Å². The molecule has 1 saturated carbocycles. The minimum atomic E-state index is 0.0903. The maximum absolute atomic E-state index is 10.2. The molecule has 1 fully saturated rings. The van der Waals surface area contributed by atoms with Gasteiger partial charge in [0.05, 0.1) is 12.1 Å². The molecule has 0 spiro atoms. The van der Waals surface area contributed by atoms with Crippen LogP contribution in [0, 0.1) is 0 Å². The molecular weight excluding hydrogens is 372 g/mol. The molecule has 0 heterocycles. The summed E-state index contributed by atoms with van der Waals surface area (Å²) in [5, 5.41) is 20.4. The van der Waals surface area contributed by atoms with Crippen LogP contribution in [0.5, 0.6) is 11.5 Å². The number of aromatic hydroxyl groups is 2. The molecule has 2 unspecified atom stereocenters. The van der Waals surface area contributed by atoms with Gasteiger partial charge in [0, 0.05) is 23.6 Å². The van der Waals surface area contributed by atoms with Gasteiger partial charge in [-0.05, 0) is 60.1 Å². The smallest absolute Gasteiger partial charge is 0.124 e. The summed E-state index contributed by atoms with van der Waals surface area (Å²) in [7, 11) is 0. The van der Waals surface area contributed by atoms with Gasteiger partial charge in [-0.2, -0.15) is 0 Å². The van der Waals surface area contributed by atoms with Crippen molar-refractivity contribution >= 4 is 12.4 Å². The van der Waals surface area contributed by atoms with Crippen molar-refractivity contribution in [3.8, 4) is 11.5 Å². The normalized spacial score (nSPS) is 20.1. The van der Waals surface area contributed by atoms with E-state index in [1.165, 1.54) is 11.1 Å². The molecular formula is C26H34N2O2. The molecule has 3 rings (SSSR count). The number of rotatable bonds is 6. The first-order valence-electron chi connectivity index (χ1n) is 11.1. The summed E-state index contributed by atoms with van der Waals surface area (Å²) in [6, 6.07) is 11.6. The molecule has 1 aliphatic carbocycles. The SMILES string of the molecule is CC(C)c1ccc(O)c(C=NC2CCCCC2N=Cc2cc(C(C)C)ccc2O)c1. The molecule has 0 bridgehead atoms. The summed E-state index contributed by atoms with van der Waals surface area (Å²) in [5.41, 5.74) is 3.90. The Labute approximate surface area is 180 Å². The molecule has 4 heteroatoms. The van der Waals surface area contributed by atoms with Crippen LogP contribution in [0.3, 0.4) is 0 Å². The van der Waals surface area contributed by atoms with Crippen molar-refractivity contribution in [3.63, 3.8) is 0 Å².